The first-order valence-electron chi connectivity index (χ1n) is 8.81. The summed E-state index contributed by atoms with van der Waals surface area (Å²) < 4.78 is 29.4. The molecule has 0 unspecified atom stereocenters. The van der Waals surface area contributed by atoms with Crippen molar-refractivity contribution in [2.24, 2.45) is 12.2 Å². The minimum absolute atomic E-state index is 0.0168. The molecule has 4 rings (SSSR count). The maximum Gasteiger partial charge on any atom is 0.419 e. The highest BCUT2D eigenvalue weighted by molar-refractivity contribution is 7.89. The van der Waals surface area contributed by atoms with Gasteiger partial charge in [-0.3, -0.25) is 4.57 Å². The van der Waals surface area contributed by atoms with Gasteiger partial charge >= 0.3 is 5.76 Å². The fourth-order valence-electron chi connectivity index (χ4n) is 2.83. The molecule has 2 aromatic heterocycles. The fourth-order valence-corrected chi connectivity index (χ4v) is 3.35. The lowest BCUT2D eigenvalue weighted by Crippen LogP contribution is -2.11. The average Bonchev–Trinajstić information content (AvgIpc) is 2.97. The van der Waals surface area contributed by atoms with Crippen LogP contribution in [0.1, 0.15) is 5.56 Å². The summed E-state index contributed by atoms with van der Waals surface area (Å²) >= 11 is 0. The van der Waals surface area contributed by atoms with E-state index in [4.69, 9.17) is 9.56 Å². The predicted molar refractivity (Wildman–Crippen MR) is 113 cm³/mol. The molecule has 0 atom stereocenters. The Morgan fingerprint density at radius 2 is 1.77 bits per heavy atom. The number of nitrogens with zero attached hydrogens (tertiary/aromatic N) is 3. The number of sulfonamides is 1. The molecule has 0 aliphatic heterocycles. The van der Waals surface area contributed by atoms with Gasteiger partial charge in [0, 0.05) is 36.2 Å². The molecule has 0 bridgehead atoms. The zero-order chi connectivity index (χ0) is 21.5. The molecule has 10 nitrogen and oxygen atoms in total. The Morgan fingerprint density at radius 1 is 1.07 bits per heavy atom. The Bertz CT molecular complexity index is 1410. The minimum Gasteiger partial charge on any atom is -0.408 e. The van der Waals surface area contributed by atoms with Gasteiger partial charge in [0.1, 0.15) is 5.82 Å². The van der Waals surface area contributed by atoms with Crippen LogP contribution in [-0.2, 0) is 17.1 Å². The Labute approximate surface area is 171 Å². The summed E-state index contributed by atoms with van der Waals surface area (Å²) in [6.45, 7) is 1.86. The topological polar surface area (TPSA) is 145 Å². The minimum atomic E-state index is -3.75. The first-order valence-corrected chi connectivity index (χ1v) is 10.4. The molecule has 11 heteroatoms. The summed E-state index contributed by atoms with van der Waals surface area (Å²) in [6.07, 6.45) is 1.65. The van der Waals surface area contributed by atoms with E-state index in [1.54, 1.807) is 37.5 Å². The quantitative estimate of drug-likeness (QED) is 0.441. The van der Waals surface area contributed by atoms with Gasteiger partial charge in [-0.15, -0.1) is 0 Å². The number of rotatable bonds is 5. The van der Waals surface area contributed by atoms with Crippen molar-refractivity contribution in [3.05, 3.63) is 64.8 Å². The number of nitrogens with one attached hydrogen (secondary N) is 2. The molecule has 0 amide bonds. The number of oxazole rings is 1. The van der Waals surface area contributed by atoms with E-state index in [-0.39, 0.29) is 4.90 Å². The number of hydrogen-bond donors (Lipinski definition) is 3. The van der Waals surface area contributed by atoms with Crippen molar-refractivity contribution in [1.82, 2.24) is 14.5 Å². The van der Waals surface area contributed by atoms with Crippen LogP contribution in [0.25, 0.3) is 11.1 Å². The molecule has 0 aliphatic carbocycles. The van der Waals surface area contributed by atoms with E-state index in [0.717, 1.165) is 5.56 Å². The second kappa shape index (κ2) is 7.28. The standard InChI is InChI=1S/C19H18N6O4S/c1-11-10-21-18(23-12-3-6-14(7-4-12)30(20,27)28)24-17(11)22-13-5-8-15-16(9-13)29-19(26)25(15)2/h3-10H,1-2H3,(H2,20,27,28)(H2,21,22,23,24). The maximum absolute atomic E-state index is 11.7. The number of hydrogen-bond acceptors (Lipinski definition) is 8. The van der Waals surface area contributed by atoms with Gasteiger partial charge in [0.2, 0.25) is 16.0 Å². The second-order valence-corrected chi connectivity index (χ2v) is 8.22. The van der Waals surface area contributed by atoms with E-state index in [9.17, 15) is 13.2 Å². The molecule has 4 N–H and O–H groups in total. The third-order valence-corrected chi connectivity index (χ3v) is 5.39. The highest BCUT2D eigenvalue weighted by atomic mass is 32.2. The molecule has 30 heavy (non-hydrogen) atoms. The van der Waals surface area contributed by atoms with Crippen LogP contribution in [0, 0.1) is 6.92 Å². The zero-order valence-electron chi connectivity index (χ0n) is 16.1. The Kier molecular flexibility index (Phi) is 4.76. The molecule has 2 heterocycles. The van der Waals surface area contributed by atoms with E-state index in [1.165, 1.54) is 16.7 Å². The van der Waals surface area contributed by atoms with E-state index >= 15 is 0 Å². The number of anilines is 4. The Morgan fingerprint density at radius 3 is 2.47 bits per heavy atom. The number of benzene rings is 2. The third-order valence-electron chi connectivity index (χ3n) is 4.47. The van der Waals surface area contributed by atoms with E-state index in [1.807, 2.05) is 13.0 Å². The van der Waals surface area contributed by atoms with Crippen molar-refractivity contribution < 1.29 is 12.8 Å². The van der Waals surface area contributed by atoms with Crippen LogP contribution < -0.4 is 21.5 Å². The first kappa shape index (κ1) is 19.6. The number of primary sulfonamides is 1. The number of fused-ring (bicyclic) bond motifs is 1. The molecule has 0 radical (unpaired) electrons. The Balaban J connectivity index is 1.58. The monoisotopic (exact) mass is 426 g/mol. The van der Waals surface area contributed by atoms with Gasteiger partial charge in [-0.25, -0.2) is 23.3 Å². The maximum atomic E-state index is 11.7. The number of aryl methyl sites for hydroxylation is 2. The van der Waals surface area contributed by atoms with Gasteiger partial charge in [-0.2, -0.15) is 4.98 Å². The van der Waals surface area contributed by atoms with Gasteiger partial charge in [0.05, 0.1) is 10.4 Å². The van der Waals surface area contributed by atoms with Crippen LogP contribution in [0.5, 0.6) is 0 Å². The molecule has 0 saturated carbocycles. The lowest BCUT2D eigenvalue weighted by atomic mass is 10.2. The van der Waals surface area contributed by atoms with Crippen molar-refractivity contribution in [2.45, 2.75) is 11.8 Å². The highest BCUT2D eigenvalue weighted by Crippen LogP contribution is 2.24. The first-order chi connectivity index (χ1) is 14.2. The zero-order valence-corrected chi connectivity index (χ0v) is 16.9. The third kappa shape index (κ3) is 3.88. The summed E-state index contributed by atoms with van der Waals surface area (Å²) in [6, 6.07) is 11.3. The molecular weight excluding hydrogens is 408 g/mol. The summed E-state index contributed by atoms with van der Waals surface area (Å²) in [5.41, 5.74) is 3.26. The van der Waals surface area contributed by atoms with E-state index < -0.39 is 15.8 Å². The lowest BCUT2D eigenvalue weighted by Gasteiger charge is -2.11. The van der Waals surface area contributed by atoms with E-state index in [0.29, 0.717) is 34.2 Å². The summed E-state index contributed by atoms with van der Waals surface area (Å²) in [7, 11) is -2.11. The molecule has 0 saturated heterocycles. The molecule has 0 aliphatic rings. The molecule has 4 aromatic rings. The van der Waals surface area contributed by atoms with Crippen LogP contribution >= 0.6 is 0 Å². The van der Waals surface area contributed by atoms with Crippen molar-refractivity contribution in [2.75, 3.05) is 10.6 Å². The van der Waals surface area contributed by atoms with Crippen LogP contribution in [0.15, 0.2) is 62.8 Å². The molecular formula is C19H18N6O4S. The van der Waals surface area contributed by atoms with Gasteiger partial charge in [-0.05, 0) is 43.3 Å². The van der Waals surface area contributed by atoms with Gasteiger partial charge in [0.25, 0.3) is 0 Å². The summed E-state index contributed by atoms with van der Waals surface area (Å²) in [5, 5.41) is 11.3. The van der Waals surface area contributed by atoms with Crippen LogP contribution in [0.4, 0.5) is 23.1 Å². The number of aromatic nitrogens is 3. The van der Waals surface area contributed by atoms with Crippen molar-refractivity contribution in [3.63, 3.8) is 0 Å². The smallest absolute Gasteiger partial charge is 0.408 e. The fraction of sp³-hybridized carbons (Fsp3) is 0.105. The summed E-state index contributed by atoms with van der Waals surface area (Å²) in [5.74, 6) is 0.449. The molecule has 0 fully saturated rings. The van der Waals surface area contributed by atoms with Gasteiger partial charge < -0.3 is 15.1 Å². The number of nitrogens with two attached hydrogens (primary N) is 1. The van der Waals surface area contributed by atoms with E-state index in [2.05, 4.69) is 20.6 Å². The van der Waals surface area contributed by atoms with Crippen molar-refractivity contribution >= 4 is 44.3 Å². The second-order valence-electron chi connectivity index (χ2n) is 6.65. The molecule has 0 spiro atoms. The largest absolute Gasteiger partial charge is 0.419 e. The SMILES string of the molecule is Cc1cnc(Nc2ccc(S(N)(=O)=O)cc2)nc1Nc1ccc2c(c1)oc(=O)n2C. The van der Waals surface area contributed by atoms with Crippen LogP contribution in [0.2, 0.25) is 0 Å². The van der Waals surface area contributed by atoms with Gasteiger partial charge in [-0.1, -0.05) is 0 Å². The van der Waals surface area contributed by atoms with Crippen molar-refractivity contribution in [3.8, 4) is 0 Å². The van der Waals surface area contributed by atoms with Crippen molar-refractivity contribution in [1.29, 1.82) is 0 Å². The van der Waals surface area contributed by atoms with Gasteiger partial charge in [0.15, 0.2) is 5.58 Å². The molecule has 154 valence electrons. The Hall–Kier alpha value is -3.70. The van der Waals surface area contributed by atoms with Crippen LogP contribution in [-0.4, -0.2) is 23.0 Å². The highest BCUT2D eigenvalue weighted by Gasteiger charge is 2.10. The normalized spacial score (nSPS) is 11.6. The van der Waals surface area contributed by atoms with Crippen LogP contribution in [0.3, 0.4) is 0 Å². The molecule has 2 aromatic carbocycles. The predicted octanol–water partition coefficient (Wildman–Crippen LogP) is 2.36. The average molecular weight is 426 g/mol. The summed E-state index contributed by atoms with van der Waals surface area (Å²) in [4.78, 5) is 20.4. The lowest BCUT2D eigenvalue weighted by molar-refractivity contribution is 0.528.